The number of aliphatic hydroxyl groups is 1. The maximum atomic E-state index is 12.4. The highest BCUT2D eigenvalue weighted by atomic mass is 16.6. The van der Waals surface area contributed by atoms with Gasteiger partial charge in [-0.15, -0.1) is 0 Å². The highest BCUT2D eigenvalue weighted by Gasteiger charge is 2.28. The molecule has 1 aromatic heterocycles. The molecular formula is C22H35N3O10. The van der Waals surface area contributed by atoms with Gasteiger partial charge in [0.2, 0.25) is 0 Å². The number of nitrogens with one attached hydrogen (secondary N) is 1. The van der Waals surface area contributed by atoms with E-state index in [-0.39, 0.29) is 58.2 Å². The first-order chi connectivity index (χ1) is 17.0. The zero-order valence-electron chi connectivity index (χ0n) is 20.0. The van der Waals surface area contributed by atoms with Crippen molar-refractivity contribution in [2.45, 2.75) is 38.5 Å². The van der Waals surface area contributed by atoms with E-state index in [4.69, 9.17) is 33.5 Å². The molecule has 1 fully saturated rings. The molecule has 0 saturated carbocycles. The number of aromatic nitrogens is 2. The smallest absolute Gasteiger partial charge is 0.351 e. The second-order valence-corrected chi connectivity index (χ2v) is 7.58. The molecule has 0 bridgehead atoms. The summed E-state index contributed by atoms with van der Waals surface area (Å²) in [5.74, 6) is -0.839. The third-order valence-electron chi connectivity index (χ3n) is 4.70. The van der Waals surface area contributed by atoms with E-state index in [1.165, 1.54) is 16.8 Å². The number of rotatable bonds is 18. The van der Waals surface area contributed by atoms with Crippen LogP contribution in [0.4, 0.5) is 5.82 Å². The van der Waals surface area contributed by atoms with E-state index >= 15 is 0 Å². The van der Waals surface area contributed by atoms with Crippen molar-refractivity contribution in [3.8, 4) is 0 Å². The third-order valence-corrected chi connectivity index (χ3v) is 4.70. The van der Waals surface area contributed by atoms with Gasteiger partial charge in [0.15, 0.2) is 0 Å². The van der Waals surface area contributed by atoms with E-state index in [0.29, 0.717) is 32.7 Å². The van der Waals surface area contributed by atoms with Gasteiger partial charge in [0.25, 0.3) is 5.91 Å². The number of carbonyl (C=O) groups is 2. The average molecular weight is 502 g/mol. The molecule has 0 aromatic carbocycles. The average Bonchev–Trinajstić information content (AvgIpc) is 3.31. The normalized spacial score (nSPS) is 17.4. The SMILES string of the molecule is CCCOCCOCC(=O)Nc1ccn(C2CCC(COC(=O)COCCOCCO)O2)c(=O)n1. The molecule has 35 heavy (non-hydrogen) atoms. The largest absolute Gasteiger partial charge is 0.461 e. The van der Waals surface area contributed by atoms with Crippen LogP contribution in [0, 0.1) is 0 Å². The summed E-state index contributed by atoms with van der Waals surface area (Å²) in [6.45, 7) is 3.64. The molecule has 0 radical (unpaired) electrons. The van der Waals surface area contributed by atoms with E-state index in [1.54, 1.807) is 0 Å². The summed E-state index contributed by atoms with van der Waals surface area (Å²) in [4.78, 5) is 40.0. The Morgan fingerprint density at radius 3 is 2.51 bits per heavy atom. The van der Waals surface area contributed by atoms with Gasteiger partial charge < -0.3 is 38.8 Å². The highest BCUT2D eigenvalue weighted by Crippen LogP contribution is 2.27. The van der Waals surface area contributed by atoms with Crippen molar-refractivity contribution in [3.05, 3.63) is 22.7 Å². The van der Waals surface area contributed by atoms with Crippen LogP contribution in [-0.2, 0) is 38.0 Å². The minimum atomic E-state index is -0.573. The van der Waals surface area contributed by atoms with E-state index in [1.807, 2.05) is 6.92 Å². The van der Waals surface area contributed by atoms with Crippen molar-refractivity contribution in [2.75, 3.05) is 71.4 Å². The molecule has 2 N–H and O–H groups in total. The van der Waals surface area contributed by atoms with Crippen LogP contribution in [-0.4, -0.2) is 98.7 Å². The molecule has 2 atom stereocenters. The Balaban J connectivity index is 1.67. The van der Waals surface area contributed by atoms with Gasteiger partial charge in [-0.2, -0.15) is 4.98 Å². The quantitative estimate of drug-likeness (QED) is 0.204. The molecule has 2 unspecified atom stereocenters. The van der Waals surface area contributed by atoms with Crippen molar-refractivity contribution in [3.63, 3.8) is 0 Å². The molecule has 198 valence electrons. The molecule has 2 heterocycles. The number of nitrogens with zero attached hydrogens (tertiary/aromatic N) is 2. The van der Waals surface area contributed by atoms with Crippen molar-refractivity contribution < 1.29 is 43.1 Å². The van der Waals surface area contributed by atoms with Gasteiger partial charge in [-0.1, -0.05) is 6.92 Å². The molecule has 2 rings (SSSR count). The Labute approximate surface area is 203 Å². The van der Waals surface area contributed by atoms with Crippen molar-refractivity contribution >= 4 is 17.7 Å². The van der Waals surface area contributed by atoms with Crippen LogP contribution in [0.5, 0.6) is 0 Å². The fourth-order valence-corrected chi connectivity index (χ4v) is 3.09. The van der Waals surface area contributed by atoms with Gasteiger partial charge in [-0.05, 0) is 25.3 Å². The van der Waals surface area contributed by atoms with Gasteiger partial charge >= 0.3 is 11.7 Å². The lowest BCUT2D eigenvalue weighted by Gasteiger charge is -2.16. The van der Waals surface area contributed by atoms with Crippen LogP contribution in [0.15, 0.2) is 17.1 Å². The fraction of sp³-hybridized carbons (Fsp3) is 0.727. The Morgan fingerprint density at radius 1 is 1.09 bits per heavy atom. The first kappa shape index (κ1) is 28.8. The number of anilines is 1. The minimum absolute atomic E-state index is 0.0412. The third kappa shape index (κ3) is 11.7. The Morgan fingerprint density at radius 2 is 1.80 bits per heavy atom. The van der Waals surface area contributed by atoms with Crippen molar-refractivity contribution in [1.29, 1.82) is 0 Å². The summed E-state index contributed by atoms with van der Waals surface area (Å²) < 4.78 is 32.9. The molecule has 0 spiro atoms. The maximum Gasteiger partial charge on any atom is 0.351 e. The predicted octanol–water partition coefficient (Wildman–Crippen LogP) is -0.129. The summed E-state index contributed by atoms with van der Waals surface area (Å²) in [5, 5.41) is 11.1. The zero-order valence-corrected chi connectivity index (χ0v) is 20.0. The van der Waals surface area contributed by atoms with Gasteiger partial charge in [-0.3, -0.25) is 9.36 Å². The summed E-state index contributed by atoms with van der Waals surface area (Å²) in [6, 6.07) is 1.50. The number of esters is 1. The molecule has 13 heteroatoms. The number of ether oxygens (including phenoxy) is 6. The molecule has 1 saturated heterocycles. The summed E-state index contributed by atoms with van der Waals surface area (Å²) >= 11 is 0. The Bertz CT molecular complexity index is 819. The number of hydrogen-bond donors (Lipinski definition) is 2. The van der Waals surface area contributed by atoms with Gasteiger partial charge in [0.05, 0.1) is 45.7 Å². The molecule has 1 aromatic rings. The fourth-order valence-electron chi connectivity index (χ4n) is 3.09. The van der Waals surface area contributed by atoms with E-state index < -0.39 is 23.8 Å². The van der Waals surface area contributed by atoms with Crippen LogP contribution >= 0.6 is 0 Å². The van der Waals surface area contributed by atoms with Crippen LogP contribution in [0.2, 0.25) is 0 Å². The zero-order chi connectivity index (χ0) is 25.3. The number of hydrogen-bond acceptors (Lipinski definition) is 11. The monoisotopic (exact) mass is 501 g/mol. The van der Waals surface area contributed by atoms with E-state index in [0.717, 1.165) is 6.42 Å². The number of aliphatic hydroxyl groups excluding tert-OH is 1. The first-order valence-corrected chi connectivity index (χ1v) is 11.7. The lowest BCUT2D eigenvalue weighted by molar-refractivity contribution is -0.154. The standard InChI is InChI=1S/C22H35N3O10/c1-2-8-30-10-12-32-15-19(27)23-18-5-6-25(22(29)24-18)20-4-3-17(35-20)14-34-21(28)16-33-13-11-31-9-7-26/h5-6,17,20,26H,2-4,7-16H2,1H3,(H,23,24,27,29). The Kier molecular flexibility index (Phi) is 14.1. The lowest BCUT2D eigenvalue weighted by atomic mass is 10.2. The molecule has 0 aliphatic carbocycles. The maximum absolute atomic E-state index is 12.4. The molecule has 1 amide bonds. The second-order valence-electron chi connectivity index (χ2n) is 7.58. The highest BCUT2D eigenvalue weighted by molar-refractivity contribution is 5.90. The van der Waals surface area contributed by atoms with Gasteiger partial charge in [0, 0.05) is 12.8 Å². The minimum Gasteiger partial charge on any atom is -0.461 e. The van der Waals surface area contributed by atoms with Crippen molar-refractivity contribution in [2.24, 2.45) is 0 Å². The molecule has 1 aliphatic rings. The molecular weight excluding hydrogens is 466 g/mol. The van der Waals surface area contributed by atoms with E-state index in [9.17, 15) is 14.4 Å². The van der Waals surface area contributed by atoms with Crippen LogP contribution in [0.3, 0.4) is 0 Å². The van der Waals surface area contributed by atoms with Crippen molar-refractivity contribution in [1.82, 2.24) is 9.55 Å². The van der Waals surface area contributed by atoms with Crippen LogP contribution in [0.1, 0.15) is 32.4 Å². The summed E-state index contributed by atoms with van der Waals surface area (Å²) in [7, 11) is 0. The predicted molar refractivity (Wildman–Crippen MR) is 122 cm³/mol. The van der Waals surface area contributed by atoms with Crippen LogP contribution in [0.25, 0.3) is 0 Å². The summed E-state index contributed by atoms with van der Waals surface area (Å²) in [6.07, 6.45) is 2.64. The topological polar surface area (TPSA) is 157 Å². The number of amides is 1. The lowest BCUT2D eigenvalue weighted by Crippen LogP contribution is -2.29. The van der Waals surface area contributed by atoms with E-state index in [2.05, 4.69) is 10.3 Å². The molecule has 13 nitrogen and oxygen atoms in total. The second kappa shape index (κ2) is 17.1. The molecule has 1 aliphatic heterocycles. The van der Waals surface area contributed by atoms with Crippen LogP contribution < -0.4 is 11.0 Å². The summed E-state index contributed by atoms with van der Waals surface area (Å²) in [5.41, 5.74) is -0.573. The first-order valence-electron chi connectivity index (χ1n) is 11.7. The number of carbonyl (C=O) groups excluding carboxylic acids is 2. The Hall–Kier alpha value is -2.42. The van der Waals surface area contributed by atoms with Gasteiger partial charge in [0.1, 0.15) is 31.9 Å². The van der Waals surface area contributed by atoms with Gasteiger partial charge in [-0.25, -0.2) is 9.59 Å².